The number of rotatable bonds is 5. The topological polar surface area (TPSA) is 83.3 Å². The van der Waals surface area contributed by atoms with Crippen LogP contribution in [-0.4, -0.2) is 23.0 Å². The van der Waals surface area contributed by atoms with Crippen LogP contribution in [0.5, 0.6) is 0 Å². The van der Waals surface area contributed by atoms with Crippen molar-refractivity contribution in [2.45, 2.75) is 50.7 Å². The van der Waals surface area contributed by atoms with Crippen LogP contribution in [0, 0.1) is 0 Å². The van der Waals surface area contributed by atoms with Crippen molar-refractivity contribution in [3.63, 3.8) is 0 Å². The summed E-state index contributed by atoms with van der Waals surface area (Å²) in [7, 11) is 0. The molecule has 0 spiro atoms. The molecule has 0 unspecified atom stereocenters. The van der Waals surface area contributed by atoms with E-state index in [9.17, 15) is 18.0 Å². The maximum Gasteiger partial charge on any atom is 0.393 e. The fourth-order valence-corrected chi connectivity index (χ4v) is 3.43. The summed E-state index contributed by atoms with van der Waals surface area (Å²) in [5.41, 5.74) is 7.10. The lowest BCUT2D eigenvalue weighted by molar-refractivity contribution is -0.127. The molecule has 3 rings (SSSR count). The van der Waals surface area contributed by atoms with Gasteiger partial charge in [-0.2, -0.15) is 13.2 Å². The molecule has 28 heavy (non-hydrogen) atoms. The van der Waals surface area contributed by atoms with Gasteiger partial charge in [0.15, 0.2) is 0 Å². The minimum Gasteiger partial charge on any atom is -0.383 e. The Kier molecular flexibility index (Phi) is 6.06. The number of nitrogens with zero attached hydrogens (tertiary/aromatic N) is 1. The van der Waals surface area contributed by atoms with Gasteiger partial charge in [0.2, 0.25) is 0 Å². The highest BCUT2D eigenvalue weighted by molar-refractivity contribution is 6.03. The highest BCUT2D eigenvalue weighted by Gasteiger charge is 2.27. The highest BCUT2D eigenvalue weighted by Crippen LogP contribution is 2.24. The summed E-state index contributed by atoms with van der Waals surface area (Å²) in [4.78, 5) is 19.2. The number of amidine groups is 1. The van der Waals surface area contributed by atoms with E-state index in [1.807, 2.05) is 0 Å². The van der Waals surface area contributed by atoms with Gasteiger partial charge >= 0.3 is 6.18 Å². The van der Waals surface area contributed by atoms with Gasteiger partial charge in [-0.1, -0.05) is 31.4 Å². The van der Waals surface area contributed by atoms with E-state index in [1.165, 1.54) is 30.7 Å². The molecule has 8 heteroatoms. The number of nitrogens with one attached hydrogen (secondary N) is 2. The number of aromatic amines is 1. The number of hydrogen-bond donors (Lipinski definition) is 3. The van der Waals surface area contributed by atoms with Crippen LogP contribution in [0.15, 0.2) is 46.3 Å². The van der Waals surface area contributed by atoms with Gasteiger partial charge in [-0.15, -0.1) is 0 Å². The summed E-state index contributed by atoms with van der Waals surface area (Å²) in [5, 5.41) is 3.39. The maximum absolute atomic E-state index is 12.5. The number of alkyl halides is 3. The summed E-state index contributed by atoms with van der Waals surface area (Å²) in [6, 6.07) is 7.66. The third-order valence-electron chi connectivity index (χ3n) is 4.77. The van der Waals surface area contributed by atoms with Crippen LogP contribution in [0.25, 0.3) is 0 Å². The van der Waals surface area contributed by atoms with Crippen LogP contribution in [0.3, 0.4) is 0 Å². The number of hydrogen-bond acceptors (Lipinski definition) is 3. The van der Waals surface area contributed by atoms with Crippen molar-refractivity contribution in [3.05, 3.63) is 58.0 Å². The highest BCUT2D eigenvalue weighted by atomic mass is 19.4. The first kappa shape index (κ1) is 20.0. The van der Waals surface area contributed by atoms with Gasteiger partial charge in [0.1, 0.15) is 11.4 Å². The number of benzene rings is 1. The fourth-order valence-electron chi connectivity index (χ4n) is 3.43. The summed E-state index contributed by atoms with van der Waals surface area (Å²) < 4.78 is 37.4. The lowest BCUT2D eigenvalue weighted by Crippen LogP contribution is -2.29. The largest absolute Gasteiger partial charge is 0.393 e. The van der Waals surface area contributed by atoms with Gasteiger partial charge in [-0.25, -0.2) is 4.99 Å². The molecule has 1 aliphatic rings. The molecule has 1 fully saturated rings. The predicted molar refractivity (Wildman–Crippen MR) is 104 cm³/mol. The van der Waals surface area contributed by atoms with Crippen molar-refractivity contribution in [3.8, 4) is 0 Å². The molecule has 1 saturated carbocycles. The molecule has 0 saturated heterocycles. The van der Waals surface area contributed by atoms with Crippen molar-refractivity contribution < 1.29 is 13.2 Å². The Morgan fingerprint density at radius 3 is 2.46 bits per heavy atom. The second kappa shape index (κ2) is 8.50. The smallest absolute Gasteiger partial charge is 0.383 e. The monoisotopic (exact) mass is 392 g/mol. The third kappa shape index (κ3) is 5.37. The average Bonchev–Trinajstić information content (AvgIpc) is 2.63. The maximum atomic E-state index is 12.5. The van der Waals surface area contributed by atoms with Crippen LogP contribution in [0.4, 0.5) is 24.5 Å². The van der Waals surface area contributed by atoms with E-state index in [0.717, 1.165) is 25.7 Å². The number of pyridine rings is 1. The van der Waals surface area contributed by atoms with E-state index in [2.05, 4.69) is 15.3 Å². The Balaban J connectivity index is 1.83. The normalized spacial score (nSPS) is 16.2. The number of nitrogens with two attached hydrogens (primary N) is 1. The summed E-state index contributed by atoms with van der Waals surface area (Å²) in [5.74, 6) is 0.0173. The summed E-state index contributed by atoms with van der Waals surface area (Å²) in [6.07, 6.45) is 1.85. The average molecular weight is 392 g/mol. The Hall–Kier alpha value is -2.77. The summed E-state index contributed by atoms with van der Waals surface area (Å²) >= 11 is 0. The van der Waals surface area contributed by atoms with Gasteiger partial charge in [0.25, 0.3) is 5.56 Å². The number of aromatic nitrogens is 1. The van der Waals surface area contributed by atoms with E-state index < -0.39 is 12.6 Å². The first-order chi connectivity index (χ1) is 13.3. The lowest BCUT2D eigenvalue weighted by atomic mass is 9.95. The van der Waals surface area contributed by atoms with Crippen molar-refractivity contribution >= 4 is 17.2 Å². The first-order valence-electron chi connectivity index (χ1n) is 9.30. The number of H-pyrrole nitrogens is 1. The molecule has 4 N–H and O–H groups in total. The van der Waals surface area contributed by atoms with Crippen LogP contribution in [-0.2, 0) is 6.42 Å². The Bertz CT molecular complexity index is 882. The molecule has 1 aromatic carbocycles. The fraction of sp³-hybridized carbons (Fsp3) is 0.400. The second-order valence-corrected chi connectivity index (χ2v) is 7.03. The van der Waals surface area contributed by atoms with E-state index in [0.29, 0.717) is 11.4 Å². The van der Waals surface area contributed by atoms with Crippen molar-refractivity contribution in [1.29, 1.82) is 0 Å². The zero-order valence-corrected chi connectivity index (χ0v) is 15.4. The van der Waals surface area contributed by atoms with E-state index in [-0.39, 0.29) is 28.6 Å². The molecule has 0 bridgehead atoms. The van der Waals surface area contributed by atoms with Crippen LogP contribution in [0.1, 0.15) is 43.2 Å². The lowest BCUT2D eigenvalue weighted by Gasteiger charge is -2.24. The van der Waals surface area contributed by atoms with Crippen molar-refractivity contribution in [1.82, 2.24) is 4.98 Å². The SMILES string of the molecule is NC(=Nc1ccc(CC(F)(F)F)cc1)c1c(NC2CCCCC2)cc[nH]c1=O. The quantitative estimate of drug-likeness (QED) is 0.525. The Labute approximate surface area is 160 Å². The van der Waals surface area contributed by atoms with E-state index >= 15 is 0 Å². The molecule has 1 aromatic heterocycles. The second-order valence-electron chi connectivity index (χ2n) is 7.03. The minimum absolute atomic E-state index is 0.0173. The molecular formula is C20H23F3N4O. The minimum atomic E-state index is -4.26. The third-order valence-corrected chi connectivity index (χ3v) is 4.77. The van der Waals surface area contributed by atoms with Gasteiger partial charge < -0.3 is 16.0 Å². The van der Waals surface area contributed by atoms with Gasteiger partial charge in [-0.3, -0.25) is 4.79 Å². The summed E-state index contributed by atoms with van der Waals surface area (Å²) in [6.45, 7) is 0. The molecule has 5 nitrogen and oxygen atoms in total. The Morgan fingerprint density at radius 2 is 1.82 bits per heavy atom. The van der Waals surface area contributed by atoms with Gasteiger partial charge in [0, 0.05) is 12.2 Å². The van der Waals surface area contributed by atoms with Crippen molar-refractivity contribution in [2.24, 2.45) is 10.7 Å². The Morgan fingerprint density at radius 1 is 1.14 bits per heavy atom. The molecule has 0 radical (unpaired) electrons. The van der Waals surface area contributed by atoms with Gasteiger partial charge in [-0.05, 0) is 36.6 Å². The molecule has 0 aliphatic heterocycles. The molecule has 1 aliphatic carbocycles. The molecule has 1 heterocycles. The molecule has 150 valence electrons. The van der Waals surface area contributed by atoms with Crippen LogP contribution in [0.2, 0.25) is 0 Å². The standard InChI is InChI=1S/C20H23F3N4O/c21-20(22,23)12-13-6-8-15(9-7-13)27-18(24)17-16(10-11-25-19(17)28)26-14-4-2-1-3-5-14/h6-11,14H,1-5,12H2,(H2,24,27)(H2,25,26,28). The number of anilines is 1. The van der Waals surface area contributed by atoms with Gasteiger partial charge in [0.05, 0.1) is 17.8 Å². The zero-order chi connectivity index (χ0) is 20.1. The zero-order valence-electron chi connectivity index (χ0n) is 15.4. The van der Waals surface area contributed by atoms with Crippen LogP contribution >= 0.6 is 0 Å². The number of halogens is 3. The predicted octanol–water partition coefficient (Wildman–Crippen LogP) is 4.26. The molecule has 2 aromatic rings. The van der Waals surface area contributed by atoms with E-state index in [4.69, 9.17) is 5.73 Å². The van der Waals surface area contributed by atoms with Crippen molar-refractivity contribution in [2.75, 3.05) is 5.32 Å². The number of aliphatic imine (C=N–C) groups is 1. The van der Waals surface area contributed by atoms with Crippen LogP contribution < -0.4 is 16.6 Å². The molecular weight excluding hydrogens is 369 g/mol. The first-order valence-corrected chi connectivity index (χ1v) is 9.30. The molecule has 0 amide bonds. The van der Waals surface area contributed by atoms with E-state index in [1.54, 1.807) is 12.3 Å². The molecule has 0 atom stereocenters.